The van der Waals surface area contributed by atoms with Crippen LogP contribution in [-0.4, -0.2) is 37.7 Å². The third kappa shape index (κ3) is 6.39. The molecule has 148 valence electrons. The number of ether oxygens (including phenoxy) is 2. The van der Waals surface area contributed by atoms with E-state index in [0.717, 1.165) is 41.6 Å². The number of hydrogen-bond acceptors (Lipinski definition) is 5. The zero-order valence-electron chi connectivity index (χ0n) is 15.4. The predicted molar refractivity (Wildman–Crippen MR) is 121 cm³/mol. The lowest BCUT2D eigenvalue weighted by Crippen LogP contribution is -2.37. The van der Waals surface area contributed by atoms with Gasteiger partial charge in [-0.25, -0.2) is 4.98 Å². The largest absolute Gasteiger partial charge is 0.489 e. The molecule has 0 spiro atoms. The molecule has 2 N–H and O–H groups in total. The van der Waals surface area contributed by atoms with Gasteiger partial charge >= 0.3 is 0 Å². The molecule has 0 atom stereocenters. The number of nitrogens with one attached hydrogen (secondary N) is 2. The van der Waals surface area contributed by atoms with Crippen LogP contribution >= 0.6 is 46.9 Å². The zero-order chi connectivity index (χ0) is 18.4. The SMILES string of the molecule is CN=C(NCCc1csc(C)n1)NCc1cc(Cl)c2c(c1)OCCCO2.I. The van der Waals surface area contributed by atoms with Gasteiger partial charge in [-0.15, -0.1) is 35.3 Å². The molecule has 1 aliphatic heterocycles. The molecule has 0 fully saturated rings. The van der Waals surface area contributed by atoms with Crippen molar-refractivity contribution in [2.45, 2.75) is 26.3 Å². The van der Waals surface area contributed by atoms with Crippen molar-refractivity contribution in [3.05, 3.63) is 38.8 Å². The van der Waals surface area contributed by atoms with Crippen molar-refractivity contribution in [1.29, 1.82) is 0 Å². The highest BCUT2D eigenvalue weighted by atomic mass is 127. The number of rotatable bonds is 5. The van der Waals surface area contributed by atoms with Crippen LogP contribution in [-0.2, 0) is 13.0 Å². The predicted octanol–water partition coefficient (Wildman–Crippen LogP) is 3.79. The van der Waals surface area contributed by atoms with Crippen molar-refractivity contribution in [2.75, 3.05) is 26.8 Å². The summed E-state index contributed by atoms with van der Waals surface area (Å²) < 4.78 is 11.4. The Hall–Kier alpha value is -1.26. The highest BCUT2D eigenvalue weighted by Crippen LogP contribution is 2.37. The van der Waals surface area contributed by atoms with E-state index in [2.05, 4.69) is 26.0 Å². The van der Waals surface area contributed by atoms with Gasteiger partial charge in [0.1, 0.15) is 0 Å². The standard InChI is InChI=1S/C18H23ClN4O2S.HI/c1-12-23-14(11-26-12)4-5-21-18(20-2)22-10-13-8-15(19)17-16(9-13)24-6-3-7-25-17;/h8-9,11H,3-7,10H2,1-2H3,(H2,20,21,22);1H. The molecule has 3 rings (SSSR count). The first-order chi connectivity index (χ1) is 12.7. The Labute approximate surface area is 185 Å². The van der Waals surface area contributed by atoms with E-state index in [1.54, 1.807) is 18.4 Å². The van der Waals surface area contributed by atoms with Crippen LogP contribution in [0, 0.1) is 6.92 Å². The number of aryl methyl sites for hydroxylation is 1. The van der Waals surface area contributed by atoms with Gasteiger partial charge in [-0.3, -0.25) is 4.99 Å². The Morgan fingerprint density at radius 3 is 2.85 bits per heavy atom. The minimum atomic E-state index is 0. The van der Waals surface area contributed by atoms with E-state index in [0.29, 0.717) is 36.3 Å². The van der Waals surface area contributed by atoms with Gasteiger partial charge in [0.2, 0.25) is 0 Å². The highest BCUT2D eigenvalue weighted by molar-refractivity contribution is 14.0. The molecule has 0 bridgehead atoms. The quantitative estimate of drug-likeness (QED) is 0.355. The van der Waals surface area contributed by atoms with Crippen LogP contribution in [0.15, 0.2) is 22.5 Å². The van der Waals surface area contributed by atoms with E-state index in [1.165, 1.54) is 0 Å². The van der Waals surface area contributed by atoms with Crippen molar-refractivity contribution >= 4 is 52.9 Å². The number of aromatic nitrogens is 1. The van der Waals surface area contributed by atoms with Crippen molar-refractivity contribution in [2.24, 2.45) is 4.99 Å². The maximum Gasteiger partial charge on any atom is 0.191 e. The Morgan fingerprint density at radius 1 is 1.30 bits per heavy atom. The number of halogens is 2. The van der Waals surface area contributed by atoms with Crippen LogP contribution < -0.4 is 20.1 Å². The van der Waals surface area contributed by atoms with E-state index in [-0.39, 0.29) is 24.0 Å². The van der Waals surface area contributed by atoms with Gasteiger partial charge in [-0.05, 0) is 24.6 Å². The summed E-state index contributed by atoms with van der Waals surface area (Å²) >= 11 is 8.01. The number of hydrogen-bond donors (Lipinski definition) is 2. The lowest BCUT2D eigenvalue weighted by Gasteiger charge is -2.14. The summed E-state index contributed by atoms with van der Waals surface area (Å²) in [5.74, 6) is 2.07. The summed E-state index contributed by atoms with van der Waals surface area (Å²) in [4.78, 5) is 8.72. The number of benzene rings is 1. The van der Waals surface area contributed by atoms with Crippen LogP contribution in [0.3, 0.4) is 0 Å². The first-order valence-electron chi connectivity index (χ1n) is 8.59. The first-order valence-corrected chi connectivity index (χ1v) is 9.85. The maximum atomic E-state index is 6.34. The second kappa shape index (κ2) is 10.9. The summed E-state index contributed by atoms with van der Waals surface area (Å²) in [6, 6.07) is 3.86. The third-order valence-corrected chi connectivity index (χ3v) is 4.99. The first kappa shape index (κ1) is 22.0. The van der Waals surface area contributed by atoms with Gasteiger partial charge in [-0.2, -0.15) is 0 Å². The van der Waals surface area contributed by atoms with E-state index >= 15 is 0 Å². The Balaban J connectivity index is 0.00000261. The van der Waals surface area contributed by atoms with Gasteiger partial charge in [0.25, 0.3) is 0 Å². The van der Waals surface area contributed by atoms with E-state index in [4.69, 9.17) is 21.1 Å². The summed E-state index contributed by atoms with van der Waals surface area (Å²) in [7, 11) is 1.75. The molecule has 0 saturated heterocycles. The zero-order valence-corrected chi connectivity index (χ0v) is 19.3. The van der Waals surface area contributed by atoms with Crippen molar-refractivity contribution in [1.82, 2.24) is 15.6 Å². The molecule has 2 heterocycles. The van der Waals surface area contributed by atoms with Crippen LogP contribution in [0.2, 0.25) is 5.02 Å². The molecule has 0 aliphatic carbocycles. The van der Waals surface area contributed by atoms with Gasteiger partial charge < -0.3 is 20.1 Å². The molecule has 0 radical (unpaired) electrons. The minimum Gasteiger partial charge on any atom is -0.489 e. The van der Waals surface area contributed by atoms with Gasteiger partial charge in [-0.1, -0.05) is 11.6 Å². The summed E-state index contributed by atoms with van der Waals surface area (Å²) in [6.45, 7) is 4.64. The van der Waals surface area contributed by atoms with E-state index in [9.17, 15) is 0 Å². The van der Waals surface area contributed by atoms with Crippen molar-refractivity contribution in [3.8, 4) is 11.5 Å². The second-order valence-corrected chi connectivity index (χ2v) is 7.39. The minimum absolute atomic E-state index is 0. The Bertz CT molecular complexity index is 785. The number of fused-ring (bicyclic) bond motifs is 1. The summed E-state index contributed by atoms with van der Waals surface area (Å²) in [5, 5.41) is 10.3. The molecule has 0 amide bonds. The normalized spacial score (nSPS) is 13.5. The monoisotopic (exact) mass is 522 g/mol. The Morgan fingerprint density at radius 2 is 2.11 bits per heavy atom. The van der Waals surface area contributed by atoms with E-state index < -0.39 is 0 Å². The van der Waals surface area contributed by atoms with Gasteiger partial charge in [0.15, 0.2) is 17.5 Å². The van der Waals surface area contributed by atoms with Crippen LogP contribution in [0.5, 0.6) is 11.5 Å². The van der Waals surface area contributed by atoms with Crippen molar-refractivity contribution in [3.63, 3.8) is 0 Å². The molecule has 27 heavy (non-hydrogen) atoms. The average molecular weight is 523 g/mol. The van der Waals surface area contributed by atoms with Crippen LogP contribution in [0.4, 0.5) is 0 Å². The molecular weight excluding hydrogens is 499 g/mol. The molecule has 0 saturated carbocycles. The number of thiazole rings is 1. The fourth-order valence-corrected chi connectivity index (χ4v) is 3.56. The molecular formula is C18H24ClIN4O2S. The maximum absolute atomic E-state index is 6.34. The van der Waals surface area contributed by atoms with Gasteiger partial charge in [0.05, 0.1) is 28.9 Å². The lowest BCUT2D eigenvalue weighted by molar-refractivity contribution is 0.297. The Kier molecular flexibility index (Phi) is 8.91. The van der Waals surface area contributed by atoms with Crippen molar-refractivity contribution < 1.29 is 9.47 Å². The van der Waals surface area contributed by atoms with Crippen LogP contribution in [0.1, 0.15) is 22.7 Å². The molecule has 0 unspecified atom stereocenters. The lowest BCUT2D eigenvalue weighted by atomic mass is 10.2. The molecule has 1 aromatic heterocycles. The van der Waals surface area contributed by atoms with Gasteiger partial charge in [0, 0.05) is 38.4 Å². The highest BCUT2D eigenvalue weighted by Gasteiger charge is 2.15. The molecule has 6 nitrogen and oxygen atoms in total. The molecule has 1 aliphatic rings. The average Bonchev–Trinajstić information content (AvgIpc) is 2.89. The number of guanidine groups is 1. The number of aliphatic imine (C=N–C) groups is 1. The fourth-order valence-electron chi connectivity index (χ4n) is 2.62. The molecule has 2 aromatic rings. The third-order valence-electron chi connectivity index (χ3n) is 3.89. The topological polar surface area (TPSA) is 67.8 Å². The van der Waals surface area contributed by atoms with Crippen LogP contribution in [0.25, 0.3) is 0 Å². The smallest absolute Gasteiger partial charge is 0.191 e. The van der Waals surface area contributed by atoms with E-state index in [1.807, 2.05) is 19.1 Å². The molecule has 1 aromatic carbocycles. The molecule has 9 heteroatoms. The summed E-state index contributed by atoms with van der Waals surface area (Å²) in [6.07, 6.45) is 1.72. The second-order valence-electron chi connectivity index (χ2n) is 5.92. The summed E-state index contributed by atoms with van der Waals surface area (Å²) in [5.41, 5.74) is 2.11. The fraction of sp³-hybridized carbons (Fsp3) is 0.444. The number of nitrogens with zero attached hydrogens (tertiary/aromatic N) is 2.